The van der Waals surface area contributed by atoms with Gasteiger partial charge in [-0.15, -0.1) is 0 Å². The first-order valence-corrected chi connectivity index (χ1v) is 12.3. The van der Waals surface area contributed by atoms with Gasteiger partial charge in [0.05, 0.1) is 18.0 Å². The third-order valence-electron chi connectivity index (χ3n) is 5.52. The molecule has 0 heterocycles. The van der Waals surface area contributed by atoms with Gasteiger partial charge >= 0.3 is 0 Å². The van der Waals surface area contributed by atoms with Gasteiger partial charge in [-0.3, -0.25) is 9.10 Å². The van der Waals surface area contributed by atoms with E-state index in [2.05, 4.69) is 45.1 Å². The molecule has 164 valence electrons. The molecule has 1 N–H and O–H groups in total. The fourth-order valence-electron chi connectivity index (χ4n) is 3.61. The molecule has 0 spiro atoms. The zero-order valence-corrected chi connectivity index (χ0v) is 19.8. The number of nitrogens with one attached hydrogen (secondary N) is 1. The minimum absolute atomic E-state index is 0.0742. The average molecular weight is 431 g/mol. The van der Waals surface area contributed by atoms with Crippen LogP contribution in [0, 0.1) is 20.8 Å². The summed E-state index contributed by atoms with van der Waals surface area (Å²) in [7, 11) is -3.41. The molecule has 0 saturated carbocycles. The summed E-state index contributed by atoms with van der Waals surface area (Å²) in [5, 5.41) is 3.04. The van der Waals surface area contributed by atoms with E-state index in [9.17, 15) is 13.2 Å². The molecule has 0 aliphatic heterocycles. The Hall–Kier alpha value is -2.34. The Morgan fingerprint density at radius 3 is 2.20 bits per heavy atom. The lowest BCUT2D eigenvalue weighted by molar-refractivity contribution is -0.121. The normalized spacial score (nSPS) is 12.5. The van der Waals surface area contributed by atoms with E-state index in [0.29, 0.717) is 12.1 Å². The van der Waals surface area contributed by atoms with Gasteiger partial charge in [0.2, 0.25) is 15.9 Å². The van der Waals surface area contributed by atoms with Crippen molar-refractivity contribution in [3.63, 3.8) is 0 Å². The van der Waals surface area contributed by atoms with Crippen LogP contribution in [0.4, 0.5) is 5.69 Å². The molecule has 2 rings (SSSR count). The minimum atomic E-state index is -3.41. The number of carbonyl (C=O) groups excluding carboxylic acids is 1. The lowest BCUT2D eigenvalue weighted by Gasteiger charge is -2.23. The van der Waals surface area contributed by atoms with Crippen molar-refractivity contribution >= 4 is 21.6 Å². The Balaban J connectivity index is 1.98. The van der Waals surface area contributed by atoms with E-state index in [1.165, 1.54) is 21.7 Å². The molecule has 0 unspecified atom stereocenters. The monoisotopic (exact) mass is 430 g/mol. The van der Waals surface area contributed by atoms with Crippen LogP contribution in [0.5, 0.6) is 0 Å². The third kappa shape index (κ3) is 6.33. The maximum Gasteiger partial charge on any atom is 0.232 e. The van der Waals surface area contributed by atoms with Gasteiger partial charge in [0, 0.05) is 13.0 Å². The van der Waals surface area contributed by atoms with Gasteiger partial charge < -0.3 is 5.32 Å². The summed E-state index contributed by atoms with van der Waals surface area (Å²) in [4.78, 5) is 12.5. The van der Waals surface area contributed by atoms with Gasteiger partial charge in [0.15, 0.2) is 0 Å². The number of nitrogens with zero attached hydrogens (tertiary/aromatic N) is 1. The van der Waals surface area contributed by atoms with E-state index >= 15 is 0 Å². The number of benzene rings is 2. The largest absolute Gasteiger partial charge is 0.350 e. The first kappa shape index (κ1) is 23.9. The van der Waals surface area contributed by atoms with E-state index in [-0.39, 0.29) is 24.9 Å². The molecule has 0 saturated heterocycles. The van der Waals surface area contributed by atoms with E-state index < -0.39 is 10.0 Å². The highest BCUT2D eigenvalue weighted by atomic mass is 32.2. The molecule has 0 aromatic heterocycles. The number of hydrogen-bond acceptors (Lipinski definition) is 3. The van der Waals surface area contributed by atoms with Crippen LogP contribution in [0.1, 0.15) is 60.5 Å². The molecule has 0 bridgehead atoms. The van der Waals surface area contributed by atoms with Gasteiger partial charge in [-0.2, -0.15) is 0 Å². The van der Waals surface area contributed by atoms with Crippen LogP contribution in [0.3, 0.4) is 0 Å². The fourth-order valence-corrected chi connectivity index (χ4v) is 4.57. The molecular weight excluding hydrogens is 396 g/mol. The van der Waals surface area contributed by atoms with Crippen molar-refractivity contribution in [3.05, 3.63) is 64.2 Å². The van der Waals surface area contributed by atoms with Crippen molar-refractivity contribution in [2.75, 3.05) is 17.1 Å². The Morgan fingerprint density at radius 1 is 1.03 bits per heavy atom. The number of sulfonamides is 1. The molecular formula is C24H34N2O3S. The average Bonchev–Trinajstić information content (AvgIpc) is 2.67. The Labute approximate surface area is 181 Å². The number of rotatable bonds is 9. The zero-order chi connectivity index (χ0) is 22.5. The Bertz CT molecular complexity index is 982. The van der Waals surface area contributed by atoms with Gasteiger partial charge in [-0.1, -0.05) is 31.2 Å². The summed E-state index contributed by atoms with van der Waals surface area (Å²) in [5.41, 5.74) is 6.50. The highest BCUT2D eigenvalue weighted by Crippen LogP contribution is 2.22. The van der Waals surface area contributed by atoms with Crippen molar-refractivity contribution < 1.29 is 13.2 Å². The molecule has 30 heavy (non-hydrogen) atoms. The first-order valence-electron chi connectivity index (χ1n) is 10.5. The standard InChI is InChI=1S/C24H34N2O3S/c1-7-21-10-12-22(13-11-21)26(30(6,28)29)14-8-9-24(27)25-20(5)23-16-18(3)17(2)15-19(23)4/h10-13,15-16,20H,7-9,14H2,1-6H3,(H,25,27)/t20-/m0/s1. The SMILES string of the molecule is CCc1ccc(N(CCCC(=O)N[C@@H](C)c2cc(C)c(C)cc2C)S(C)(=O)=O)cc1. The second kappa shape index (κ2) is 10.1. The van der Waals surface area contributed by atoms with Crippen LogP contribution in [0.2, 0.25) is 0 Å². The Morgan fingerprint density at radius 2 is 1.63 bits per heavy atom. The van der Waals surface area contributed by atoms with Gasteiger partial charge in [0.25, 0.3) is 0 Å². The molecule has 2 aromatic rings. The first-order chi connectivity index (χ1) is 14.0. The van der Waals surface area contributed by atoms with Gasteiger partial charge in [-0.05, 0) is 80.5 Å². The lowest BCUT2D eigenvalue weighted by Crippen LogP contribution is -2.32. The molecule has 0 aliphatic rings. The van der Waals surface area contributed by atoms with Crippen LogP contribution in [-0.2, 0) is 21.2 Å². The van der Waals surface area contributed by atoms with Crippen LogP contribution in [-0.4, -0.2) is 27.1 Å². The molecule has 1 amide bonds. The smallest absolute Gasteiger partial charge is 0.232 e. The summed E-state index contributed by atoms with van der Waals surface area (Å²) in [6, 6.07) is 11.7. The van der Waals surface area contributed by atoms with Gasteiger partial charge in [0.1, 0.15) is 0 Å². The lowest BCUT2D eigenvalue weighted by atomic mass is 9.96. The van der Waals surface area contributed by atoms with Crippen molar-refractivity contribution in [2.45, 2.75) is 59.9 Å². The number of amides is 1. The van der Waals surface area contributed by atoms with Crippen LogP contribution < -0.4 is 9.62 Å². The van der Waals surface area contributed by atoms with Crippen molar-refractivity contribution in [1.82, 2.24) is 5.32 Å². The summed E-state index contributed by atoms with van der Waals surface area (Å²) in [6.07, 6.45) is 2.82. The predicted molar refractivity (Wildman–Crippen MR) is 124 cm³/mol. The highest BCUT2D eigenvalue weighted by Gasteiger charge is 2.18. The number of carbonyl (C=O) groups is 1. The molecule has 6 heteroatoms. The predicted octanol–water partition coefficient (Wildman–Crippen LogP) is 4.60. The molecule has 0 aliphatic carbocycles. The summed E-state index contributed by atoms with van der Waals surface area (Å²) in [6.45, 7) is 10.5. The second-order valence-corrected chi connectivity index (χ2v) is 9.95. The van der Waals surface area contributed by atoms with Crippen LogP contribution >= 0.6 is 0 Å². The molecule has 2 aromatic carbocycles. The number of hydrogen-bond donors (Lipinski definition) is 1. The highest BCUT2D eigenvalue weighted by molar-refractivity contribution is 7.92. The third-order valence-corrected chi connectivity index (χ3v) is 6.72. The maximum absolute atomic E-state index is 12.5. The van der Waals surface area contributed by atoms with E-state index in [1.54, 1.807) is 0 Å². The van der Waals surface area contributed by atoms with E-state index in [0.717, 1.165) is 23.1 Å². The minimum Gasteiger partial charge on any atom is -0.350 e. The van der Waals surface area contributed by atoms with Crippen LogP contribution in [0.15, 0.2) is 36.4 Å². The molecule has 0 fully saturated rings. The number of aryl methyl sites for hydroxylation is 4. The van der Waals surface area contributed by atoms with Crippen molar-refractivity contribution in [2.24, 2.45) is 0 Å². The number of anilines is 1. The van der Waals surface area contributed by atoms with Gasteiger partial charge in [-0.25, -0.2) is 8.42 Å². The zero-order valence-electron chi connectivity index (χ0n) is 19.0. The topological polar surface area (TPSA) is 66.5 Å². The summed E-state index contributed by atoms with van der Waals surface area (Å²) in [5.74, 6) is -0.0742. The Kier molecular flexibility index (Phi) is 8.07. The molecule has 0 radical (unpaired) electrons. The fraction of sp³-hybridized carbons (Fsp3) is 0.458. The quantitative estimate of drug-likeness (QED) is 0.632. The van der Waals surface area contributed by atoms with E-state index in [1.807, 2.05) is 31.2 Å². The molecule has 5 nitrogen and oxygen atoms in total. The summed E-state index contributed by atoms with van der Waals surface area (Å²) < 4.78 is 25.9. The molecule has 1 atom stereocenters. The van der Waals surface area contributed by atoms with E-state index in [4.69, 9.17) is 0 Å². The van der Waals surface area contributed by atoms with Crippen molar-refractivity contribution in [1.29, 1.82) is 0 Å². The van der Waals surface area contributed by atoms with Crippen LogP contribution in [0.25, 0.3) is 0 Å². The van der Waals surface area contributed by atoms with Crippen molar-refractivity contribution in [3.8, 4) is 0 Å². The summed E-state index contributed by atoms with van der Waals surface area (Å²) >= 11 is 0. The second-order valence-electron chi connectivity index (χ2n) is 8.04. The maximum atomic E-state index is 12.5.